The second-order valence-electron chi connectivity index (χ2n) is 5.09. The van der Waals surface area contributed by atoms with Crippen molar-refractivity contribution in [3.63, 3.8) is 0 Å². The van der Waals surface area contributed by atoms with E-state index in [9.17, 15) is 4.79 Å². The zero-order chi connectivity index (χ0) is 15.2. The Morgan fingerprint density at radius 2 is 1.81 bits per heavy atom. The number of nitrogens with two attached hydrogens (primary N) is 1. The molecule has 0 amide bonds. The molecule has 0 aliphatic heterocycles. The topological polar surface area (TPSA) is 52.3 Å². The molecule has 1 unspecified atom stereocenters. The highest BCUT2D eigenvalue weighted by Gasteiger charge is 2.17. The normalized spacial score (nSPS) is 12.0. The van der Waals surface area contributed by atoms with E-state index in [0.29, 0.717) is 13.0 Å². The van der Waals surface area contributed by atoms with E-state index in [1.54, 1.807) is 6.92 Å². The molecule has 0 radical (unpaired) electrons. The minimum Gasteiger partial charge on any atom is -0.465 e. The Morgan fingerprint density at radius 1 is 1.14 bits per heavy atom. The number of benzene rings is 2. The molecule has 110 valence electrons. The molecular weight excluding hydrogens is 262 g/mol. The van der Waals surface area contributed by atoms with Crippen LogP contribution in [-0.2, 0) is 16.0 Å². The lowest BCUT2D eigenvalue weighted by atomic mass is 9.95. The molecule has 21 heavy (non-hydrogen) atoms. The molecule has 0 spiro atoms. The number of rotatable bonds is 5. The quantitative estimate of drug-likeness (QED) is 0.858. The van der Waals surface area contributed by atoms with E-state index < -0.39 is 6.04 Å². The third-order valence-corrected chi connectivity index (χ3v) is 3.41. The lowest BCUT2D eigenvalue weighted by Gasteiger charge is -2.14. The van der Waals surface area contributed by atoms with Gasteiger partial charge in [-0.05, 0) is 37.0 Å². The van der Waals surface area contributed by atoms with Crippen molar-refractivity contribution in [2.75, 3.05) is 6.61 Å². The maximum Gasteiger partial charge on any atom is 0.323 e. The average Bonchev–Trinajstić information content (AvgIpc) is 2.49. The summed E-state index contributed by atoms with van der Waals surface area (Å²) < 4.78 is 4.97. The van der Waals surface area contributed by atoms with Gasteiger partial charge < -0.3 is 10.5 Å². The largest absolute Gasteiger partial charge is 0.465 e. The van der Waals surface area contributed by atoms with Gasteiger partial charge in [0.15, 0.2) is 0 Å². The second-order valence-corrected chi connectivity index (χ2v) is 5.09. The van der Waals surface area contributed by atoms with Gasteiger partial charge in [-0.1, -0.05) is 54.1 Å². The van der Waals surface area contributed by atoms with Crippen molar-refractivity contribution >= 4 is 5.97 Å². The van der Waals surface area contributed by atoms with Gasteiger partial charge in [0.05, 0.1) is 6.61 Å². The molecule has 0 aliphatic carbocycles. The van der Waals surface area contributed by atoms with Crippen molar-refractivity contribution in [2.24, 2.45) is 5.73 Å². The molecule has 2 rings (SSSR count). The summed E-state index contributed by atoms with van der Waals surface area (Å²) in [6.45, 7) is 4.20. The Kier molecular flexibility index (Phi) is 5.12. The van der Waals surface area contributed by atoms with E-state index >= 15 is 0 Å². The Balaban J connectivity index is 2.25. The fraction of sp³-hybridized carbons (Fsp3) is 0.278. The Bertz CT molecular complexity index is 605. The summed E-state index contributed by atoms with van der Waals surface area (Å²) in [5, 5.41) is 0. The molecule has 2 aromatic rings. The molecule has 2 N–H and O–H groups in total. The van der Waals surface area contributed by atoms with Gasteiger partial charge in [0.2, 0.25) is 0 Å². The molecule has 3 nitrogen and oxygen atoms in total. The minimum atomic E-state index is -0.628. The lowest BCUT2D eigenvalue weighted by Crippen LogP contribution is -2.34. The summed E-state index contributed by atoms with van der Waals surface area (Å²) in [5.74, 6) is -0.351. The SMILES string of the molecule is CCOC(=O)C(N)Cc1ccccc1-c1ccc(C)cc1. The van der Waals surface area contributed by atoms with Gasteiger partial charge in [-0.3, -0.25) is 4.79 Å². The summed E-state index contributed by atoms with van der Waals surface area (Å²) >= 11 is 0. The van der Waals surface area contributed by atoms with Gasteiger partial charge in [0.1, 0.15) is 6.04 Å². The van der Waals surface area contributed by atoms with Crippen LogP contribution in [0.15, 0.2) is 48.5 Å². The first-order chi connectivity index (χ1) is 10.1. The van der Waals surface area contributed by atoms with E-state index in [0.717, 1.165) is 16.7 Å². The van der Waals surface area contributed by atoms with Crippen molar-refractivity contribution < 1.29 is 9.53 Å². The summed E-state index contributed by atoms with van der Waals surface area (Å²) in [4.78, 5) is 11.7. The first-order valence-corrected chi connectivity index (χ1v) is 7.19. The number of esters is 1. The zero-order valence-electron chi connectivity index (χ0n) is 12.5. The monoisotopic (exact) mass is 283 g/mol. The molecule has 0 fully saturated rings. The van der Waals surface area contributed by atoms with E-state index in [2.05, 4.69) is 37.3 Å². The summed E-state index contributed by atoms with van der Waals surface area (Å²) in [6, 6.07) is 15.7. The lowest BCUT2D eigenvalue weighted by molar-refractivity contribution is -0.144. The summed E-state index contributed by atoms with van der Waals surface area (Å²) in [6.07, 6.45) is 0.475. The van der Waals surface area contributed by atoms with Crippen LogP contribution < -0.4 is 5.73 Å². The highest BCUT2D eigenvalue weighted by Crippen LogP contribution is 2.25. The van der Waals surface area contributed by atoms with E-state index in [4.69, 9.17) is 10.5 Å². The predicted octanol–water partition coefficient (Wildman–Crippen LogP) is 3.09. The Morgan fingerprint density at radius 3 is 2.48 bits per heavy atom. The minimum absolute atomic E-state index is 0.351. The van der Waals surface area contributed by atoms with Crippen LogP contribution in [0.4, 0.5) is 0 Å². The predicted molar refractivity (Wildman–Crippen MR) is 84.9 cm³/mol. The summed E-state index contributed by atoms with van der Waals surface area (Å²) in [7, 11) is 0. The van der Waals surface area contributed by atoms with Gasteiger partial charge in [0, 0.05) is 0 Å². The molecule has 2 aromatic carbocycles. The highest BCUT2D eigenvalue weighted by molar-refractivity contribution is 5.77. The molecular formula is C18H21NO2. The maximum atomic E-state index is 11.7. The number of aryl methyl sites for hydroxylation is 1. The molecule has 0 aliphatic rings. The molecule has 0 heterocycles. The Labute approximate surface area is 125 Å². The fourth-order valence-electron chi connectivity index (χ4n) is 2.28. The van der Waals surface area contributed by atoms with Gasteiger partial charge in [0.25, 0.3) is 0 Å². The smallest absolute Gasteiger partial charge is 0.323 e. The van der Waals surface area contributed by atoms with Crippen LogP contribution >= 0.6 is 0 Å². The third kappa shape index (κ3) is 3.92. The molecule has 1 atom stereocenters. The second kappa shape index (κ2) is 7.04. The van der Waals surface area contributed by atoms with Gasteiger partial charge in [-0.2, -0.15) is 0 Å². The van der Waals surface area contributed by atoms with E-state index in [1.807, 2.05) is 18.2 Å². The first kappa shape index (κ1) is 15.3. The Hall–Kier alpha value is -2.13. The van der Waals surface area contributed by atoms with Crippen molar-refractivity contribution in [3.8, 4) is 11.1 Å². The van der Waals surface area contributed by atoms with Crippen molar-refractivity contribution in [1.82, 2.24) is 0 Å². The molecule has 0 aromatic heterocycles. The van der Waals surface area contributed by atoms with Crippen LogP contribution in [-0.4, -0.2) is 18.6 Å². The molecule has 0 bridgehead atoms. The van der Waals surface area contributed by atoms with Crippen LogP contribution in [0.5, 0.6) is 0 Å². The van der Waals surface area contributed by atoms with Crippen LogP contribution in [0, 0.1) is 6.92 Å². The first-order valence-electron chi connectivity index (χ1n) is 7.19. The van der Waals surface area contributed by atoms with Crippen LogP contribution in [0.1, 0.15) is 18.1 Å². The van der Waals surface area contributed by atoms with Gasteiger partial charge in [-0.15, -0.1) is 0 Å². The summed E-state index contributed by atoms with van der Waals surface area (Å²) in [5.41, 5.74) is 10.5. The van der Waals surface area contributed by atoms with Gasteiger partial charge >= 0.3 is 5.97 Å². The standard InChI is InChI=1S/C18H21NO2/c1-3-21-18(20)17(19)12-15-6-4-5-7-16(15)14-10-8-13(2)9-11-14/h4-11,17H,3,12,19H2,1-2H3. The highest BCUT2D eigenvalue weighted by atomic mass is 16.5. The number of carbonyl (C=O) groups is 1. The van der Waals surface area contributed by atoms with E-state index in [1.165, 1.54) is 5.56 Å². The van der Waals surface area contributed by atoms with E-state index in [-0.39, 0.29) is 5.97 Å². The number of hydrogen-bond donors (Lipinski definition) is 1. The number of carbonyl (C=O) groups excluding carboxylic acids is 1. The van der Waals surface area contributed by atoms with Gasteiger partial charge in [-0.25, -0.2) is 0 Å². The van der Waals surface area contributed by atoms with Crippen LogP contribution in [0.25, 0.3) is 11.1 Å². The third-order valence-electron chi connectivity index (χ3n) is 3.41. The van der Waals surface area contributed by atoms with Crippen LogP contribution in [0.3, 0.4) is 0 Å². The number of hydrogen-bond acceptors (Lipinski definition) is 3. The molecule has 3 heteroatoms. The van der Waals surface area contributed by atoms with Crippen LogP contribution in [0.2, 0.25) is 0 Å². The zero-order valence-corrected chi connectivity index (χ0v) is 12.5. The van der Waals surface area contributed by atoms with Crippen molar-refractivity contribution in [3.05, 3.63) is 59.7 Å². The number of ether oxygens (including phenoxy) is 1. The molecule has 0 saturated heterocycles. The van der Waals surface area contributed by atoms with Crippen molar-refractivity contribution in [2.45, 2.75) is 26.3 Å². The fourth-order valence-corrected chi connectivity index (χ4v) is 2.28. The molecule has 0 saturated carbocycles. The van der Waals surface area contributed by atoms with Crippen molar-refractivity contribution in [1.29, 1.82) is 0 Å². The maximum absolute atomic E-state index is 11.7. The average molecular weight is 283 g/mol.